The maximum Gasteiger partial charge on any atom is 0.0995 e. The lowest BCUT2D eigenvalue weighted by Crippen LogP contribution is -2.33. The first-order valence-corrected chi connectivity index (χ1v) is 6.44. The van der Waals surface area contributed by atoms with E-state index in [2.05, 4.69) is 30.9 Å². The Hall–Kier alpha value is -1.33. The molecule has 0 bridgehead atoms. The van der Waals surface area contributed by atoms with E-state index in [0.717, 1.165) is 12.1 Å². The van der Waals surface area contributed by atoms with Gasteiger partial charge in [-0.1, -0.05) is 32.0 Å². The van der Waals surface area contributed by atoms with Crippen LogP contribution < -0.4 is 0 Å². The molecule has 1 saturated heterocycles. The molecule has 1 unspecified atom stereocenters. The summed E-state index contributed by atoms with van der Waals surface area (Å²) in [7, 11) is 0. The van der Waals surface area contributed by atoms with Gasteiger partial charge in [0.1, 0.15) is 0 Å². The van der Waals surface area contributed by atoms with Gasteiger partial charge in [-0.2, -0.15) is 5.26 Å². The molecule has 2 heteroatoms. The van der Waals surface area contributed by atoms with Gasteiger partial charge < -0.3 is 0 Å². The molecule has 90 valence electrons. The van der Waals surface area contributed by atoms with Crippen molar-refractivity contribution in [2.45, 2.75) is 39.3 Å². The molecular weight excluding hydrogens is 208 g/mol. The lowest BCUT2D eigenvalue weighted by atomic mass is 10.0. The quantitative estimate of drug-likeness (QED) is 0.794. The topological polar surface area (TPSA) is 27.0 Å². The maximum absolute atomic E-state index is 9.10. The second kappa shape index (κ2) is 5.33. The fraction of sp³-hybridized carbons (Fsp3) is 0.533. The fourth-order valence-electron chi connectivity index (χ4n) is 2.79. The van der Waals surface area contributed by atoms with Crippen LogP contribution in [-0.2, 0) is 6.54 Å². The Morgan fingerprint density at radius 1 is 1.41 bits per heavy atom. The lowest BCUT2D eigenvalue weighted by Gasteiger charge is -2.27. The Bertz CT molecular complexity index is 417. The van der Waals surface area contributed by atoms with Gasteiger partial charge in [-0.3, -0.25) is 4.90 Å². The van der Waals surface area contributed by atoms with Crippen molar-refractivity contribution in [3.63, 3.8) is 0 Å². The first kappa shape index (κ1) is 12.1. The summed E-state index contributed by atoms with van der Waals surface area (Å²) in [5, 5.41) is 9.10. The van der Waals surface area contributed by atoms with E-state index < -0.39 is 0 Å². The van der Waals surface area contributed by atoms with Crippen LogP contribution in [0.3, 0.4) is 0 Å². The van der Waals surface area contributed by atoms with Gasteiger partial charge in [0.15, 0.2) is 0 Å². The summed E-state index contributed by atoms with van der Waals surface area (Å²) in [6.07, 6.45) is 2.59. The van der Waals surface area contributed by atoms with Gasteiger partial charge in [-0.05, 0) is 36.9 Å². The summed E-state index contributed by atoms with van der Waals surface area (Å²) in [5.41, 5.74) is 1.99. The second-order valence-electron chi connectivity index (χ2n) is 5.19. The summed E-state index contributed by atoms with van der Waals surface area (Å²) >= 11 is 0. The van der Waals surface area contributed by atoms with Gasteiger partial charge in [0.2, 0.25) is 0 Å². The Balaban J connectivity index is 2.13. The van der Waals surface area contributed by atoms with Crippen LogP contribution in [-0.4, -0.2) is 17.5 Å². The molecule has 1 heterocycles. The summed E-state index contributed by atoms with van der Waals surface area (Å²) in [4.78, 5) is 2.53. The van der Waals surface area contributed by atoms with Gasteiger partial charge in [-0.25, -0.2) is 0 Å². The van der Waals surface area contributed by atoms with Crippen LogP contribution in [0.1, 0.15) is 37.8 Å². The normalized spacial score (nSPS) is 20.7. The highest BCUT2D eigenvalue weighted by Crippen LogP contribution is 2.26. The van der Waals surface area contributed by atoms with Crippen molar-refractivity contribution in [1.82, 2.24) is 4.90 Å². The smallest absolute Gasteiger partial charge is 0.0995 e. The standard InChI is InChI=1S/C15H20N2/c1-12(2)15-8-5-9-17(15)11-14-7-4-3-6-13(14)10-16/h3-4,6-7,12,15H,5,8-9,11H2,1-2H3. The van der Waals surface area contributed by atoms with Gasteiger partial charge in [0.05, 0.1) is 11.6 Å². The Labute approximate surface area is 104 Å². The van der Waals surface area contributed by atoms with Crippen molar-refractivity contribution >= 4 is 0 Å². The van der Waals surface area contributed by atoms with Crippen molar-refractivity contribution < 1.29 is 0 Å². The number of rotatable bonds is 3. The molecule has 0 N–H and O–H groups in total. The highest BCUT2D eigenvalue weighted by atomic mass is 15.2. The lowest BCUT2D eigenvalue weighted by molar-refractivity contribution is 0.198. The van der Waals surface area contributed by atoms with Crippen LogP contribution in [0.5, 0.6) is 0 Å². The van der Waals surface area contributed by atoms with Crippen LogP contribution in [0.4, 0.5) is 0 Å². The number of nitriles is 1. The molecule has 2 rings (SSSR count). The molecule has 2 nitrogen and oxygen atoms in total. The van der Waals surface area contributed by atoms with Gasteiger partial charge >= 0.3 is 0 Å². The zero-order valence-electron chi connectivity index (χ0n) is 10.7. The van der Waals surface area contributed by atoms with Crippen molar-refractivity contribution in [2.24, 2.45) is 5.92 Å². The summed E-state index contributed by atoms with van der Waals surface area (Å²) in [5.74, 6) is 0.701. The Kier molecular flexibility index (Phi) is 3.81. The van der Waals surface area contributed by atoms with E-state index in [1.54, 1.807) is 0 Å². The van der Waals surface area contributed by atoms with Crippen LogP contribution in [0.15, 0.2) is 24.3 Å². The third-order valence-corrected chi connectivity index (χ3v) is 3.70. The Morgan fingerprint density at radius 3 is 2.88 bits per heavy atom. The number of hydrogen-bond donors (Lipinski definition) is 0. The molecule has 0 aromatic heterocycles. The van der Waals surface area contributed by atoms with E-state index in [0.29, 0.717) is 12.0 Å². The first-order valence-electron chi connectivity index (χ1n) is 6.44. The summed E-state index contributed by atoms with van der Waals surface area (Å²) in [6, 6.07) is 10.9. The van der Waals surface area contributed by atoms with E-state index in [1.165, 1.54) is 24.9 Å². The molecule has 0 aliphatic carbocycles. The van der Waals surface area contributed by atoms with Gasteiger partial charge in [-0.15, -0.1) is 0 Å². The molecule has 1 aromatic rings. The molecule has 0 amide bonds. The van der Waals surface area contributed by atoms with E-state index in [-0.39, 0.29) is 0 Å². The van der Waals surface area contributed by atoms with Crippen molar-refractivity contribution in [3.8, 4) is 6.07 Å². The minimum Gasteiger partial charge on any atom is -0.296 e. The number of likely N-dealkylation sites (tertiary alicyclic amines) is 1. The fourth-order valence-corrected chi connectivity index (χ4v) is 2.79. The molecule has 1 aromatic carbocycles. The first-order chi connectivity index (χ1) is 8.22. The molecule has 0 radical (unpaired) electrons. The van der Waals surface area contributed by atoms with Gasteiger partial charge in [0.25, 0.3) is 0 Å². The van der Waals surface area contributed by atoms with Crippen LogP contribution in [0.25, 0.3) is 0 Å². The zero-order valence-corrected chi connectivity index (χ0v) is 10.7. The van der Waals surface area contributed by atoms with Crippen molar-refractivity contribution in [2.75, 3.05) is 6.54 Å². The second-order valence-corrected chi connectivity index (χ2v) is 5.19. The van der Waals surface area contributed by atoms with Crippen LogP contribution in [0.2, 0.25) is 0 Å². The minimum atomic E-state index is 0.682. The number of benzene rings is 1. The SMILES string of the molecule is CC(C)C1CCCN1Cc1ccccc1C#N. The van der Waals surface area contributed by atoms with Crippen molar-refractivity contribution in [1.29, 1.82) is 5.26 Å². The predicted octanol–water partition coefficient (Wildman–Crippen LogP) is 3.18. The average molecular weight is 228 g/mol. The number of nitrogens with zero attached hydrogens (tertiary/aromatic N) is 2. The van der Waals surface area contributed by atoms with E-state index in [4.69, 9.17) is 5.26 Å². The number of hydrogen-bond acceptors (Lipinski definition) is 2. The molecule has 0 spiro atoms. The summed E-state index contributed by atoms with van der Waals surface area (Å²) in [6.45, 7) is 6.67. The van der Waals surface area contributed by atoms with Crippen molar-refractivity contribution in [3.05, 3.63) is 35.4 Å². The molecule has 1 aliphatic rings. The predicted molar refractivity (Wildman–Crippen MR) is 69.4 cm³/mol. The highest BCUT2D eigenvalue weighted by Gasteiger charge is 2.27. The largest absolute Gasteiger partial charge is 0.296 e. The van der Waals surface area contributed by atoms with Crippen LogP contribution in [0, 0.1) is 17.2 Å². The maximum atomic E-state index is 9.10. The summed E-state index contributed by atoms with van der Waals surface area (Å²) < 4.78 is 0. The molecule has 1 fully saturated rings. The zero-order chi connectivity index (χ0) is 12.3. The highest BCUT2D eigenvalue weighted by molar-refractivity contribution is 5.37. The average Bonchev–Trinajstić information content (AvgIpc) is 2.78. The van der Waals surface area contributed by atoms with Gasteiger partial charge in [0, 0.05) is 12.6 Å². The molecule has 1 atom stereocenters. The molecule has 17 heavy (non-hydrogen) atoms. The monoisotopic (exact) mass is 228 g/mol. The van der Waals surface area contributed by atoms with E-state index in [9.17, 15) is 0 Å². The van der Waals surface area contributed by atoms with Crippen LogP contribution >= 0.6 is 0 Å². The minimum absolute atomic E-state index is 0.682. The third-order valence-electron chi connectivity index (χ3n) is 3.70. The molecule has 1 aliphatic heterocycles. The van der Waals surface area contributed by atoms with E-state index in [1.807, 2.05) is 18.2 Å². The molecular formula is C15H20N2. The Morgan fingerprint density at radius 2 is 2.18 bits per heavy atom. The third kappa shape index (κ3) is 2.68. The van der Waals surface area contributed by atoms with E-state index >= 15 is 0 Å². The molecule has 0 saturated carbocycles.